The van der Waals surface area contributed by atoms with E-state index in [2.05, 4.69) is 0 Å². The Balaban J connectivity index is 1.90. The second kappa shape index (κ2) is 6.21. The van der Waals surface area contributed by atoms with Gasteiger partial charge in [-0.25, -0.2) is 0 Å². The van der Waals surface area contributed by atoms with E-state index in [0.717, 1.165) is 12.2 Å². The van der Waals surface area contributed by atoms with Crippen molar-refractivity contribution in [1.82, 2.24) is 4.90 Å². The highest BCUT2D eigenvalue weighted by Crippen LogP contribution is 2.23. The Morgan fingerprint density at radius 2 is 1.79 bits per heavy atom. The van der Waals surface area contributed by atoms with Crippen molar-refractivity contribution in [2.45, 2.75) is 18.6 Å². The summed E-state index contributed by atoms with van der Waals surface area (Å²) in [7, 11) is 0. The van der Waals surface area contributed by atoms with Crippen LogP contribution < -0.4 is 0 Å². The standard InChI is InChI=1S/C14H17NO3S/c1-10(9-16)19-8-4-7-15-13(17)11-5-2-3-6-12(11)14(15)18/h2-3,5-6,10,16H,4,7-9H2,1H3. The van der Waals surface area contributed by atoms with Crippen LogP contribution in [0, 0.1) is 0 Å². The number of carbonyl (C=O) groups is 2. The Labute approximate surface area is 116 Å². The van der Waals surface area contributed by atoms with Crippen molar-refractivity contribution in [3.8, 4) is 0 Å². The molecule has 1 aliphatic rings. The van der Waals surface area contributed by atoms with Crippen LogP contribution in [0.4, 0.5) is 0 Å². The molecule has 0 aromatic heterocycles. The molecule has 4 nitrogen and oxygen atoms in total. The molecule has 1 heterocycles. The molecule has 1 N–H and O–H groups in total. The van der Waals surface area contributed by atoms with Gasteiger partial charge < -0.3 is 5.11 Å². The molecular formula is C14H17NO3S. The van der Waals surface area contributed by atoms with Crippen molar-refractivity contribution in [2.24, 2.45) is 0 Å². The van der Waals surface area contributed by atoms with Crippen LogP contribution >= 0.6 is 11.8 Å². The lowest BCUT2D eigenvalue weighted by Gasteiger charge is -2.14. The molecule has 5 heteroatoms. The minimum absolute atomic E-state index is 0.150. The van der Waals surface area contributed by atoms with Gasteiger partial charge in [0.25, 0.3) is 11.8 Å². The molecule has 1 aliphatic heterocycles. The van der Waals surface area contributed by atoms with E-state index < -0.39 is 0 Å². The van der Waals surface area contributed by atoms with Gasteiger partial charge in [-0.1, -0.05) is 19.1 Å². The largest absolute Gasteiger partial charge is 0.395 e. The van der Waals surface area contributed by atoms with Gasteiger partial charge in [-0.15, -0.1) is 0 Å². The number of hydrogen-bond acceptors (Lipinski definition) is 4. The summed E-state index contributed by atoms with van der Waals surface area (Å²) < 4.78 is 0. The number of carbonyl (C=O) groups excluding carboxylic acids is 2. The molecule has 0 fully saturated rings. The summed E-state index contributed by atoms with van der Waals surface area (Å²) in [5, 5.41) is 9.11. The van der Waals surface area contributed by atoms with Gasteiger partial charge >= 0.3 is 0 Å². The minimum Gasteiger partial charge on any atom is -0.395 e. The molecule has 0 saturated heterocycles. The predicted molar refractivity (Wildman–Crippen MR) is 75.4 cm³/mol. The summed E-state index contributed by atoms with van der Waals surface area (Å²) in [6.07, 6.45) is 0.750. The molecule has 2 amide bonds. The number of thioether (sulfide) groups is 1. The lowest BCUT2D eigenvalue weighted by molar-refractivity contribution is 0.0655. The van der Waals surface area contributed by atoms with Crippen molar-refractivity contribution < 1.29 is 14.7 Å². The molecule has 0 spiro atoms. The third-order valence-electron chi connectivity index (χ3n) is 3.06. The Morgan fingerprint density at radius 3 is 2.32 bits per heavy atom. The summed E-state index contributed by atoms with van der Waals surface area (Å²) in [5.74, 6) is 0.441. The lowest BCUT2D eigenvalue weighted by atomic mass is 10.1. The van der Waals surface area contributed by atoms with E-state index in [1.165, 1.54) is 4.90 Å². The maximum absolute atomic E-state index is 12.0. The van der Waals surface area contributed by atoms with Crippen molar-refractivity contribution in [3.05, 3.63) is 35.4 Å². The van der Waals surface area contributed by atoms with Crippen LogP contribution in [0.15, 0.2) is 24.3 Å². The molecule has 0 aliphatic carbocycles. The molecule has 0 radical (unpaired) electrons. The fraction of sp³-hybridized carbons (Fsp3) is 0.429. The van der Waals surface area contributed by atoms with Gasteiger partial charge in [0, 0.05) is 11.8 Å². The van der Waals surface area contributed by atoms with Gasteiger partial charge in [0.1, 0.15) is 0 Å². The number of aliphatic hydroxyl groups is 1. The molecule has 2 rings (SSSR count). The van der Waals surface area contributed by atoms with E-state index in [1.54, 1.807) is 36.0 Å². The third-order valence-corrected chi connectivity index (χ3v) is 4.31. The minimum atomic E-state index is -0.194. The molecule has 1 aromatic carbocycles. The zero-order valence-electron chi connectivity index (χ0n) is 10.8. The Kier molecular flexibility index (Phi) is 4.61. The normalized spacial score (nSPS) is 15.8. The summed E-state index contributed by atoms with van der Waals surface area (Å²) in [6, 6.07) is 6.93. The number of nitrogens with zero attached hydrogens (tertiary/aromatic N) is 1. The topological polar surface area (TPSA) is 57.6 Å². The van der Waals surface area contributed by atoms with Crippen LogP contribution in [0.3, 0.4) is 0 Å². The van der Waals surface area contributed by atoms with Crippen LogP contribution in [-0.2, 0) is 0 Å². The fourth-order valence-electron chi connectivity index (χ4n) is 2.00. The highest BCUT2D eigenvalue weighted by atomic mass is 32.2. The SMILES string of the molecule is CC(CO)SCCCN1C(=O)c2ccccc2C1=O. The third kappa shape index (κ3) is 2.98. The van der Waals surface area contributed by atoms with E-state index in [-0.39, 0.29) is 23.7 Å². The highest BCUT2D eigenvalue weighted by Gasteiger charge is 2.34. The molecular weight excluding hydrogens is 262 g/mol. The monoisotopic (exact) mass is 279 g/mol. The first-order chi connectivity index (χ1) is 9.15. The maximum Gasteiger partial charge on any atom is 0.261 e. The van der Waals surface area contributed by atoms with Gasteiger partial charge in [-0.05, 0) is 24.3 Å². The van der Waals surface area contributed by atoms with E-state index >= 15 is 0 Å². The summed E-state index contributed by atoms with van der Waals surface area (Å²) in [6.45, 7) is 2.54. The Hall–Kier alpha value is -1.33. The Bertz CT molecular complexity index is 454. The first-order valence-electron chi connectivity index (χ1n) is 6.33. The first-order valence-corrected chi connectivity index (χ1v) is 7.37. The van der Waals surface area contributed by atoms with E-state index in [1.807, 2.05) is 6.92 Å². The number of rotatable bonds is 6. The summed E-state index contributed by atoms with van der Waals surface area (Å²) >= 11 is 1.65. The average molecular weight is 279 g/mol. The van der Waals surface area contributed by atoms with Crippen molar-refractivity contribution in [1.29, 1.82) is 0 Å². The molecule has 102 valence electrons. The van der Waals surface area contributed by atoms with Crippen molar-refractivity contribution in [3.63, 3.8) is 0 Å². The van der Waals surface area contributed by atoms with E-state index in [4.69, 9.17) is 5.11 Å². The second-order valence-corrected chi connectivity index (χ2v) is 6.07. The highest BCUT2D eigenvalue weighted by molar-refractivity contribution is 7.99. The summed E-state index contributed by atoms with van der Waals surface area (Å²) in [4.78, 5) is 25.4. The Morgan fingerprint density at radius 1 is 1.21 bits per heavy atom. The number of fused-ring (bicyclic) bond motifs is 1. The first kappa shape index (κ1) is 14.1. The lowest BCUT2D eigenvalue weighted by Crippen LogP contribution is -2.31. The van der Waals surface area contributed by atoms with E-state index in [9.17, 15) is 9.59 Å². The van der Waals surface area contributed by atoms with Gasteiger partial charge in [0.05, 0.1) is 17.7 Å². The van der Waals surface area contributed by atoms with Crippen molar-refractivity contribution >= 4 is 23.6 Å². The van der Waals surface area contributed by atoms with Crippen LogP contribution in [-0.4, -0.2) is 46.0 Å². The zero-order chi connectivity index (χ0) is 13.8. The van der Waals surface area contributed by atoms with Crippen LogP contribution in [0.1, 0.15) is 34.1 Å². The summed E-state index contributed by atoms with van der Waals surface area (Å²) in [5.41, 5.74) is 1.01. The van der Waals surface area contributed by atoms with Gasteiger partial charge in [0.2, 0.25) is 0 Å². The molecule has 1 unspecified atom stereocenters. The number of hydrogen-bond donors (Lipinski definition) is 1. The van der Waals surface area contributed by atoms with Crippen LogP contribution in [0.25, 0.3) is 0 Å². The quantitative estimate of drug-likeness (QED) is 0.637. The van der Waals surface area contributed by atoms with Crippen LogP contribution in [0.5, 0.6) is 0 Å². The fourth-order valence-corrected chi connectivity index (χ4v) is 2.81. The van der Waals surface area contributed by atoms with E-state index in [0.29, 0.717) is 17.7 Å². The van der Waals surface area contributed by atoms with Crippen molar-refractivity contribution in [2.75, 3.05) is 18.9 Å². The van der Waals surface area contributed by atoms with Gasteiger partial charge in [-0.2, -0.15) is 11.8 Å². The number of benzene rings is 1. The predicted octanol–water partition coefficient (Wildman–Crippen LogP) is 1.79. The molecule has 0 saturated carbocycles. The van der Waals surface area contributed by atoms with Gasteiger partial charge in [0.15, 0.2) is 0 Å². The zero-order valence-corrected chi connectivity index (χ0v) is 11.7. The van der Waals surface area contributed by atoms with Gasteiger partial charge in [-0.3, -0.25) is 14.5 Å². The molecule has 0 bridgehead atoms. The molecule has 19 heavy (non-hydrogen) atoms. The number of amides is 2. The number of aliphatic hydroxyl groups excluding tert-OH is 1. The van der Waals surface area contributed by atoms with Crippen LogP contribution in [0.2, 0.25) is 0 Å². The molecule has 1 atom stereocenters. The molecule has 1 aromatic rings. The second-order valence-electron chi connectivity index (χ2n) is 4.53. The average Bonchev–Trinajstić information content (AvgIpc) is 2.68. The number of imide groups is 1. The maximum atomic E-state index is 12.0. The smallest absolute Gasteiger partial charge is 0.261 e.